The number of H-pyrrole nitrogens is 1. The molecule has 1 unspecified atom stereocenters. The fourth-order valence-corrected chi connectivity index (χ4v) is 2.97. The van der Waals surface area contributed by atoms with Crippen molar-refractivity contribution in [3.63, 3.8) is 0 Å². The number of aromatic amines is 1. The van der Waals surface area contributed by atoms with Crippen LogP contribution >= 0.6 is 0 Å². The van der Waals surface area contributed by atoms with Gasteiger partial charge in [-0.3, -0.25) is 14.4 Å². The number of carbonyl (C=O) groups excluding carboxylic acids is 2. The minimum atomic E-state index is -0.523. The van der Waals surface area contributed by atoms with Crippen molar-refractivity contribution in [3.8, 4) is 0 Å². The normalized spacial score (nSPS) is 20.8. The SMILES string of the molecule is Cc1nc(C)c(CC(=O)N2CCNCC2C(=O)NC2CC2)c(=O)[nH]1. The van der Waals surface area contributed by atoms with E-state index in [0.29, 0.717) is 36.7 Å². The Morgan fingerprint density at radius 1 is 1.33 bits per heavy atom. The van der Waals surface area contributed by atoms with Crippen molar-refractivity contribution in [1.29, 1.82) is 0 Å². The summed E-state index contributed by atoms with van der Waals surface area (Å²) in [7, 11) is 0. The summed E-state index contributed by atoms with van der Waals surface area (Å²) >= 11 is 0. The van der Waals surface area contributed by atoms with Gasteiger partial charge >= 0.3 is 0 Å². The molecule has 1 atom stereocenters. The number of hydrogen-bond acceptors (Lipinski definition) is 5. The van der Waals surface area contributed by atoms with Crippen LogP contribution in [0.5, 0.6) is 0 Å². The maximum absolute atomic E-state index is 12.7. The van der Waals surface area contributed by atoms with Crippen molar-refractivity contribution in [3.05, 3.63) is 27.4 Å². The van der Waals surface area contributed by atoms with Gasteiger partial charge in [-0.2, -0.15) is 0 Å². The van der Waals surface area contributed by atoms with Gasteiger partial charge in [0.1, 0.15) is 11.9 Å². The molecule has 2 heterocycles. The number of hydrogen-bond donors (Lipinski definition) is 3. The second kappa shape index (κ2) is 6.72. The minimum Gasteiger partial charge on any atom is -0.352 e. The summed E-state index contributed by atoms with van der Waals surface area (Å²) in [4.78, 5) is 45.6. The zero-order valence-electron chi connectivity index (χ0n) is 14.0. The van der Waals surface area contributed by atoms with Crippen LogP contribution < -0.4 is 16.2 Å². The standard InChI is InChI=1S/C16H23N5O3/c1-9-12(15(23)19-10(2)18-9)7-14(22)21-6-5-17-8-13(21)16(24)20-11-3-4-11/h11,13,17H,3-8H2,1-2H3,(H,20,24)(H,18,19,23). The quantitative estimate of drug-likeness (QED) is 0.656. The Hall–Kier alpha value is -2.22. The molecule has 0 spiro atoms. The summed E-state index contributed by atoms with van der Waals surface area (Å²) in [6.07, 6.45) is 1.97. The monoisotopic (exact) mass is 333 g/mol. The van der Waals surface area contributed by atoms with E-state index in [0.717, 1.165) is 12.8 Å². The number of rotatable bonds is 4. The summed E-state index contributed by atoms with van der Waals surface area (Å²) < 4.78 is 0. The molecule has 2 aliphatic rings. The van der Waals surface area contributed by atoms with Gasteiger partial charge in [-0.25, -0.2) is 4.98 Å². The van der Waals surface area contributed by atoms with E-state index in [1.807, 2.05) is 0 Å². The molecule has 2 amide bonds. The minimum absolute atomic E-state index is 0.0400. The molecule has 2 fully saturated rings. The highest BCUT2D eigenvalue weighted by atomic mass is 16.2. The van der Waals surface area contributed by atoms with E-state index in [1.165, 1.54) is 0 Å². The van der Waals surface area contributed by atoms with Gasteiger partial charge in [-0.1, -0.05) is 0 Å². The first-order valence-electron chi connectivity index (χ1n) is 8.32. The molecule has 1 saturated heterocycles. The molecule has 130 valence electrons. The molecule has 0 aromatic carbocycles. The fraction of sp³-hybridized carbons (Fsp3) is 0.625. The molecule has 24 heavy (non-hydrogen) atoms. The van der Waals surface area contributed by atoms with Gasteiger partial charge in [0, 0.05) is 36.9 Å². The third-order valence-electron chi connectivity index (χ3n) is 4.46. The first-order chi connectivity index (χ1) is 11.5. The van der Waals surface area contributed by atoms with Crippen LogP contribution in [0, 0.1) is 13.8 Å². The van der Waals surface area contributed by atoms with Crippen molar-refractivity contribution in [2.45, 2.75) is 45.2 Å². The fourth-order valence-electron chi connectivity index (χ4n) is 2.97. The zero-order valence-corrected chi connectivity index (χ0v) is 14.0. The predicted octanol–water partition coefficient (Wildman–Crippen LogP) is -0.992. The van der Waals surface area contributed by atoms with Crippen LogP contribution in [0.25, 0.3) is 0 Å². The predicted molar refractivity (Wildman–Crippen MR) is 87.6 cm³/mol. The summed E-state index contributed by atoms with van der Waals surface area (Å²) in [5.74, 6) is 0.190. The Morgan fingerprint density at radius 3 is 2.75 bits per heavy atom. The van der Waals surface area contributed by atoms with Crippen LogP contribution in [-0.2, 0) is 16.0 Å². The van der Waals surface area contributed by atoms with Crippen molar-refractivity contribution in [2.24, 2.45) is 0 Å². The molecule has 3 N–H and O–H groups in total. The number of nitrogens with one attached hydrogen (secondary N) is 3. The van der Waals surface area contributed by atoms with E-state index in [-0.39, 0.29) is 29.8 Å². The lowest BCUT2D eigenvalue weighted by molar-refractivity contribution is -0.141. The largest absolute Gasteiger partial charge is 0.352 e. The van der Waals surface area contributed by atoms with E-state index in [4.69, 9.17) is 0 Å². The highest BCUT2D eigenvalue weighted by Crippen LogP contribution is 2.19. The van der Waals surface area contributed by atoms with Crippen LogP contribution in [0.4, 0.5) is 0 Å². The molecule has 8 heteroatoms. The van der Waals surface area contributed by atoms with E-state index < -0.39 is 6.04 Å². The zero-order chi connectivity index (χ0) is 17.3. The highest BCUT2D eigenvalue weighted by Gasteiger charge is 2.35. The Kier molecular flexibility index (Phi) is 4.66. The van der Waals surface area contributed by atoms with Crippen LogP contribution in [0.2, 0.25) is 0 Å². The number of amides is 2. The Bertz CT molecular complexity index is 710. The van der Waals surface area contributed by atoms with Crippen LogP contribution in [-0.4, -0.2) is 58.4 Å². The van der Waals surface area contributed by atoms with E-state index in [1.54, 1.807) is 18.7 Å². The number of nitrogens with zero attached hydrogens (tertiary/aromatic N) is 2. The lowest BCUT2D eigenvalue weighted by Gasteiger charge is -2.35. The Labute approximate surface area is 140 Å². The molecule has 1 saturated carbocycles. The van der Waals surface area contributed by atoms with Gasteiger partial charge in [0.05, 0.1) is 6.42 Å². The summed E-state index contributed by atoms with van der Waals surface area (Å²) in [6.45, 7) is 4.96. The average Bonchev–Trinajstić information content (AvgIpc) is 3.34. The molecule has 1 aliphatic carbocycles. The van der Waals surface area contributed by atoms with Crippen LogP contribution in [0.15, 0.2) is 4.79 Å². The second-order valence-electron chi connectivity index (χ2n) is 6.48. The smallest absolute Gasteiger partial charge is 0.254 e. The molecule has 8 nitrogen and oxygen atoms in total. The molecule has 3 rings (SSSR count). The van der Waals surface area contributed by atoms with Gasteiger partial charge in [0.25, 0.3) is 5.56 Å². The maximum atomic E-state index is 12.7. The van der Waals surface area contributed by atoms with Gasteiger partial charge in [0.15, 0.2) is 0 Å². The molecule has 0 radical (unpaired) electrons. The number of aryl methyl sites for hydroxylation is 2. The van der Waals surface area contributed by atoms with E-state index in [9.17, 15) is 14.4 Å². The van der Waals surface area contributed by atoms with E-state index >= 15 is 0 Å². The average molecular weight is 333 g/mol. The molecular formula is C16H23N5O3. The van der Waals surface area contributed by atoms with Crippen LogP contribution in [0.3, 0.4) is 0 Å². The third-order valence-corrected chi connectivity index (χ3v) is 4.46. The van der Waals surface area contributed by atoms with E-state index in [2.05, 4.69) is 20.6 Å². The topological polar surface area (TPSA) is 107 Å². The summed E-state index contributed by atoms with van der Waals surface area (Å²) in [6, 6.07) is -0.271. The van der Waals surface area contributed by atoms with Crippen molar-refractivity contribution in [2.75, 3.05) is 19.6 Å². The third kappa shape index (κ3) is 3.64. The number of piperazine rings is 1. The summed E-state index contributed by atoms with van der Waals surface area (Å²) in [5, 5.41) is 6.10. The molecule has 1 aliphatic heterocycles. The summed E-state index contributed by atoms with van der Waals surface area (Å²) in [5.41, 5.74) is 0.631. The highest BCUT2D eigenvalue weighted by molar-refractivity contribution is 5.89. The maximum Gasteiger partial charge on any atom is 0.254 e. The lowest BCUT2D eigenvalue weighted by atomic mass is 10.1. The lowest BCUT2D eigenvalue weighted by Crippen LogP contribution is -2.60. The van der Waals surface area contributed by atoms with Crippen LogP contribution in [0.1, 0.15) is 29.9 Å². The molecule has 1 aromatic rings. The molecule has 0 bridgehead atoms. The van der Waals surface area contributed by atoms with Gasteiger partial charge in [0.2, 0.25) is 11.8 Å². The molecule has 1 aromatic heterocycles. The number of carbonyl (C=O) groups is 2. The number of aromatic nitrogens is 2. The van der Waals surface area contributed by atoms with Crippen molar-refractivity contribution in [1.82, 2.24) is 25.5 Å². The Balaban J connectivity index is 1.74. The van der Waals surface area contributed by atoms with Crippen molar-refractivity contribution < 1.29 is 9.59 Å². The Morgan fingerprint density at radius 2 is 2.08 bits per heavy atom. The first kappa shape index (κ1) is 16.6. The van der Waals surface area contributed by atoms with Crippen molar-refractivity contribution >= 4 is 11.8 Å². The molecular weight excluding hydrogens is 310 g/mol. The first-order valence-corrected chi connectivity index (χ1v) is 8.32. The van der Waals surface area contributed by atoms with Gasteiger partial charge in [-0.05, 0) is 26.7 Å². The second-order valence-corrected chi connectivity index (χ2v) is 6.48. The van der Waals surface area contributed by atoms with Gasteiger partial charge < -0.3 is 20.5 Å². The van der Waals surface area contributed by atoms with Gasteiger partial charge in [-0.15, -0.1) is 0 Å².